The minimum atomic E-state index is -0.539. The number of rotatable bonds is 7. The first-order chi connectivity index (χ1) is 11.6. The van der Waals surface area contributed by atoms with Crippen molar-refractivity contribution in [2.24, 2.45) is 0 Å². The van der Waals surface area contributed by atoms with E-state index in [1.807, 2.05) is 30.6 Å². The monoisotopic (exact) mass is 346 g/mol. The third kappa shape index (κ3) is 3.97. The van der Waals surface area contributed by atoms with Crippen molar-refractivity contribution in [3.05, 3.63) is 45.9 Å². The summed E-state index contributed by atoms with van der Waals surface area (Å²) >= 11 is 1.70. The molecule has 0 amide bonds. The fourth-order valence-electron chi connectivity index (χ4n) is 3.42. The van der Waals surface area contributed by atoms with E-state index in [2.05, 4.69) is 23.3 Å². The van der Waals surface area contributed by atoms with E-state index in [1.165, 1.54) is 18.4 Å². The summed E-state index contributed by atoms with van der Waals surface area (Å²) in [6.07, 6.45) is 5.92. The standard InChI is InChI=1S/C19H26N2O2S/c1-14-5-6-17(15(2)11-14)23-13-16(22)12-21-19(7-3-4-8-19)18-20-9-10-24-18/h5-6,9-11,16,21-22H,3-4,7-8,12-13H2,1-2H3. The molecule has 2 aromatic rings. The molecule has 1 fully saturated rings. The van der Waals surface area contributed by atoms with Crippen LogP contribution in [0.15, 0.2) is 29.8 Å². The highest BCUT2D eigenvalue weighted by Gasteiger charge is 2.37. The Balaban J connectivity index is 1.54. The van der Waals surface area contributed by atoms with Gasteiger partial charge in [0, 0.05) is 18.1 Å². The number of aliphatic hydroxyl groups is 1. The van der Waals surface area contributed by atoms with Crippen molar-refractivity contribution in [3.8, 4) is 5.75 Å². The zero-order valence-corrected chi connectivity index (χ0v) is 15.2. The van der Waals surface area contributed by atoms with Crippen molar-refractivity contribution in [2.75, 3.05) is 13.2 Å². The van der Waals surface area contributed by atoms with Gasteiger partial charge in [0.25, 0.3) is 0 Å². The molecule has 4 nitrogen and oxygen atoms in total. The van der Waals surface area contributed by atoms with Crippen molar-refractivity contribution < 1.29 is 9.84 Å². The minimum absolute atomic E-state index is 0.0606. The molecule has 1 atom stereocenters. The van der Waals surface area contributed by atoms with E-state index in [1.54, 1.807) is 11.3 Å². The highest BCUT2D eigenvalue weighted by atomic mass is 32.1. The van der Waals surface area contributed by atoms with Crippen LogP contribution in [0.1, 0.15) is 41.8 Å². The molecule has 1 aliphatic rings. The Morgan fingerprint density at radius 1 is 1.33 bits per heavy atom. The number of nitrogens with zero attached hydrogens (tertiary/aromatic N) is 1. The van der Waals surface area contributed by atoms with Gasteiger partial charge in [0.1, 0.15) is 23.5 Å². The number of ether oxygens (including phenoxy) is 1. The number of nitrogens with one attached hydrogen (secondary N) is 1. The van der Waals surface area contributed by atoms with Crippen molar-refractivity contribution >= 4 is 11.3 Å². The maximum absolute atomic E-state index is 10.3. The first-order valence-electron chi connectivity index (χ1n) is 8.62. The molecule has 1 heterocycles. The van der Waals surface area contributed by atoms with Gasteiger partial charge in [0.05, 0.1) is 5.54 Å². The van der Waals surface area contributed by atoms with Gasteiger partial charge in [-0.05, 0) is 38.3 Å². The molecular weight excluding hydrogens is 320 g/mol. The normalized spacial score (nSPS) is 17.8. The van der Waals surface area contributed by atoms with E-state index in [-0.39, 0.29) is 5.54 Å². The average molecular weight is 346 g/mol. The Bertz CT molecular complexity index is 651. The summed E-state index contributed by atoms with van der Waals surface area (Å²) in [6.45, 7) is 4.91. The lowest BCUT2D eigenvalue weighted by molar-refractivity contribution is 0.0958. The molecule has 2 N–H and O–H groups in total. The van der Waals surface area contributed by atoms with Gasteiger partial charge in [-0.3, -0.25) is 0 Å². The van der Waals surface area contributed by atoms with Crippen LogP contribution in [-0.2, 0) is 5.54 Å². The highest BCUT2D eigenvalue weighted by Crippen LogP contribution is 2.39. The van der Waals surface area contributed by atoms with E-state index in [0.29, 0.717) is 13.2 Å². The molecule has 0 bridgehead atoms. The number of aromatic nitrogens is 1. The molecule has 5 heteroatoms. The maximum Gasteiger partial charge on any atom is 0.122 e. The smallest absolute Gasteiger partial charge is 0.122 e. The Morgan fingerprint density at radius 3 is 2.79 bits per heavy atom. The summed E-state index contributed by atoms with van der Waals surface area (Å²) in [7, 11) is 0. The van der Waals surface area contributed by atoms with Crippen molar-refractivity contribution in [3.63, 3.8) is 0 Å². The summed E-state index contributed by atoms with van der Waals surface area (Å²) < 4.78 is 5.79. The lowest BCUT2D eigenvalue weighted by Gasteiger charge is -2.29. The number of hydrogen-bond acceptors (Lipinski definition) is 5. The van der Waals surface area contributed by atoms with E-state index >= 15 is 0 Å². The van der Waals surface area contributed by atoms with Crippen LogP contribution in [-0.4, -0.2) is 29.3 Å². The predicted molar refractivity (Wildman–Crippen MR) is 97.7 cm³/mol. The number of thiazole rings is 1. The van der Waals surface area contributed by atoms with Gasteiger partial charge in [-0.1, -0.05) is 30.5 Å². The summed E-state index contributed by atoms with van der Waals surface area (Å²) in [6, 6.07) is 6.09. The second-order valence-electron chi connectivity index (χ2n) is 6.74. The predicted octanol–water partition coefficient (Wildman–Crippen LogP) is 3.56. The zero-order valence-electron chi connectivity index (χ0n) is 14.4. The number of benzene rings is 1. The lowest BCUT2D eigenvalue weighted by Crippen LogP contribution is -2.45. The van der Waals surface area contributed by atoms with Crippen LogP contribution >= 0.6 is 11.3 Å². The zero-order chi connectivity index (χ0) is 17.0. The molecular formula is C19H26N2O2S. The molecule has 0 aliphatic heterocycles. The lowest BCUT2D eigenvalue weighted by atomic mass is 9.98. The van der Waals surface area contributed by atoms with Crippen LogP contribution in [0, 0.1) is 13.8 Å². The number of hydrogen-bond donors (Lipinski definition) is 2. The maximum atomic E-state index is 10.3. The molecule has 130 valence electrons. The summed E-state index contributed by atoms with van der Waals surface area (Å²) in [5.41, 5.74) is 2.26. The van der Waals surface area contributed by atoms with Crippen LogP contribution in [0.3, 0.4) is 0 Å². The minimum Gasteiger partial charge on any atom is -0.491 e. The van der Waals surface area contributed by atoms with Crippen LogP contribution in [0.2, 0.25) is 0 Å². The van der Waals surface area contributed by atoms with Gasteiger partial charge < -0.3 is 15.2 Å². The van der Waals surface area contributed by atoms with E-state index in [9.17, 15) is 5.11 Å². The van der Waals surface area contributed by atoms with E-state index in [4.69, 9.17) is 4.74 Å². The van der Waals surface area contributed by atoms with Gasteiger partial charge >= 0.3 is 0 Å². The third-order valence-electron chi connectivity index (χ3n) is 4.74. The fourth-order valence-corrected chi connectivity index (χ4v) is 4.30. The van der Waals surface area contributed by atoms with Crippen molar-refractivity contribution in [2.45, 2.75) is 51.2 Å². The Morgan fingerprint density at radius 2 is 2.12 bits per heavy atom. The van der Waals surface area contributed by atoms with Gasteiger partial charge in [-0.15, -0.1) is 11.3 Å². The summed E-state index contributed by atoms with van der Waals surface area (Å²) in [4.78, 5) is 4.50. The summed E-state index contributed by atoms with van der Waals surface area (Å²) in [5.74, 6) is 0.843. The SMILES string of the molecule is Cc1ccc(OCC(O)CNC2(c3nccs3)CCCC2)c(C)c1. The van der Waals surface area contributed by atoms with Crippen molar-refractivity contribution in [1.29, 1.82) is 0 Å². The van der Waals surface area contributed by atoms with E-state index in [0.717, 1.165) is 29.2 Å². The first kappa shape index (κ1) is 17.4. The number of aryl methyl sites for hydroxylation is 2. The molecule has 1 aliphatic carbocycles. The third-order valence-corrected chi connectivity index (χ3v) is 5.71. The van der Waals surface area contributed by atoms with Gasteiger partial charge in [-0.25, -0.2) is 4.98 Å². The van der Waals surface area contributed by atoms with Gasteiger partial charge in [0.15, 0.2) is 0 Å². The molecule has 3 rings (SSSR count). The molecule has 0 radical (unpaired) electrons. The Labute approximate surface area is 147 Å². The topological polar surface area (TPSA) is 54.4 Å². The molecule has 1 aromatic heterocycles. The molecule has 1 aromatic carbocycles. The Kier molecular flexibility index (Phi) is 5.54. The highest BCUT2D eigenvalue weighted by molar-refractivity contribution is 7.09. The largest absolute Gasteiger partial charge is 0.491 e. The molecule has 1 unspecified atom stereocenters. The van der Waals surface area contributed by atoms with Crippen molar-refractivity contribution in [1.82, 2.24) is 10.3 Å². The van der Waals surface area contributed by atoms with Crippen LogP contribution in [0.4, 0.5) is 0 Å². The second-order valence-corrected chi connectivity index (χ2v) is 7.64. The number of aliphatic hydroxyl groups excluding tert-OH is 1. The van der Waals surface area contributed by atoms with Crippen LogP contribution in [0.5, 0.6) is 5.75 Å². The van der Waals surface area contributed by atoms with Crippen LogP contribution < -0.4 is 10.1 Å². The Hall–Kier alpha value is -1.43. The average Bonchev–Trinajstić information content (AvgIpc) is 3.24. The molecule has 24 heavy (non-hydrogen) atoms. The summed E-state index contributed by atoms with van der Waals surface area (Å²) in [5, 5.41) is 17.1. The molecule has 1 saturated carbocycles. The quantitative estimate of drug-likeness (QED) is 0.805. The van der Waals surface area contributed by atoms with Gasteiger partial charge in [0.2, 0.25) is 0 Å². The first-order valence-corrected chi connectivity index (χ1v) is 9.50. The van der Waals surface area contributed by atoms with E-state index < -0.39 is 6.10 Å². The molecule has 0 saturated heterocycles. The van der Waals surface area contributed by atoms with Crippen LogP contribution in [0.25, 0.3) is 0 Å². The second kappa shape index (κ2) is 7.64. The molecule has 0 spiro atoms. The van der Waals surface area contributed by atoms with Gasteiger partial charge in [-0.2, -0.15) is 0 Å². The fraction of sp³-hybridized carbons (Fsp3) is 0.526.